The van der Waals surface area contributed by atoms with Crippen LogP contribution in [-0.4, -0.2) is 37.2 Å². The van der Waals surface area contributed by atoms with Crippen molar-refractivity contribution in [3.8, 4) is 12.1 Å². The van der Waals surface area contributed by atoms with Gasteiger partial charge in [0.1, 0.15) is 0 Å². The maximum Gasteiger partial charge on any atom is 1.00 e. The van der Waals surface area contributed by atoms with E-state index < -0.39 is 18.0 Å². The predicted molar refractivity (Wildman–Crippen MR) is 61.2 cm³/mol. The molecule has 90 valence electrons. The van der Waals surface area contributed by atoms with Gasteiger partial charge in [-0.3, -0.25) is 0 Å². The van der Waals surface area contributed by atoms with Crippen LogP contribution in [-0.2, 0) is 10.1 Å². The van der Waals surface area contributed by atoms with Gasteiger partial charge >= 0.3 is 29.6 Å². The summed E-state index contributed by atoms with van der Waals surface area (Å²) in [6, 6.07) is 4.07. The minimum atomic E-state index is -4.13. The molecule has 0 N–H and O–H groups in total. The van der Waals surface area contributed by atoms with Gasteiger partial charge in [0.05, 0.1) is 22.3 Å². The molecule has 0 aromatic rings. The first-order chi connectivity index (χ1) is 7.49. The normalized spacial score (nSPS) is 10.4. The molecule has 0 aliphatic carbocycles. The van der Waals surface area contributed by atoms with Crippen molar-refractivity contribution in [2.24, 2.45) is 0 Å². The van der Waals surface area contributed by atoms with E-state index >= 15 is 0 Å². The van der Waals surface area contributed by atoms with E-state index in [1.165, 1.54) is 0 Å². The van der Waals surface area contributed by atoms with Crippen LogP contribution in [0.2, 0.25) is 0 Å². The van der Waals surface area contributed by atoms with E-state index in [0.717, 1.165) is 12.3 Å². The third kappa shape index (κ3) is 14.3. The Morgan fingerprint density at radius 3 is 1.88 bits per heavy atom. The zero-order valence-electron chi connectivity index (χ0n) is 9.92. The summed E-state index contributed by atoms with van der Waals surface area (Å²) in [6.07, 6.45) is 3.32. The molecule has 0 fully saturated rings. The Bertz CT molecular complexity index is 357. The molecule has 0 aromatic carbocycles. The van der Waals surface area contributed by atoms with Gasteiger partial charge in [0.15, 0.2) is 0 Å². The average molecular weight is 284 g/mol. The first-order valence-corrected chi connectivity index (χ1v) is 8.37. The monoisotopic (exact) mass is 284 g/mol. The summed E-state index contributed by atoms with van der Waals surface area (Å²) in [6.45, 7) is 0. The van der Waals surface area contributed by atoms with Crippen LogP contribution in [0, 0.1) is 22.7 Å². The molecule has 0 atom stereocenters. The summed E-state index contributed by atoms with van der Waals surface area (Å²) in [5, 5.41) is 16.9. The van der Waals surface area contributed by atoms with E-state index in [1.54, 1.807) is 0 Å². The van der Waals surface area contributed by atoms with Crippen LogP contribution in [0.15, 0.2) is 0 Å². The topological polar surface area (TPSA) is 105 Å². The minimum Gasteiger partial charge on any atom is -0.748 e. The third-order valence-electron chi connectivity index (χ3n) is 1.95. The number of rotatable bonds is 8. The fraction of sp³-hybridized carbons (Fsp3) is 0.778. The SMILES string of the molecule is N#CCCP(CCC#N)CCCS(=O)(=O)[O-].[Na+]. The second-order valence-corrected chi connectivity index (χ2v) is 7.48. The van der Waals surface area contributed by atoms with Crippen LogP contribution < -0.4 is 29.6 Å². The summed E-state index contributed by atoms with van der Waals surface area (Å²) < 4.78 is 31.2. The molecule has 0 amide bonds. The van der Waals surface area contributed by atoms with Crippen molar-refractivity contribution in [2.75, 3.05) is 24.2 Å². The van der Waals surface area contributed by atoms with Gasteiger partial charge in [0, 0.05) is 18.6 Å². The zero-order chi connectivity index (χ0) is 12.4. The average Bonchev–Trinajstić information content (AvgIpc) is 2.19. The van der Waals surface area contributed by atoms with E-state index in [2.05, 4.69) is 0 Å². The van der Waals surface area contributed by atoms with Gasteiger partial charge < -0.3 is 4.55 Å². The summed E-state index contributed by atoms with van der Waals surface area (Å²) >= 11 is 0. The second-order valence-electron chi connectivity index (χ2n) is 3.27. The molecule has 0 saturated heterocycles. The van der Waals surface area contributed by atoms with Crippen LogP contribution in [0.25, 0.3) is 0 Å². The third-order valence-corrected chi connectivity index (χ3v) is 5.40. The van der Waals surface area contributed by atoms with E-state index in [0.29, 0.717) is 25.4 Å². The molecule has 8 heteroatoms. The minimum absolute atomic E-state index is 0. The Balaban J connectivity index is 0. The predicted octanol–water partition coefficient (Wildman–Crippen LogP) is -1.77. The molecule has 0 spiro atoms. The fourth-order valence-corrected chi connectivity index (χ4v) is 4.04. The zero-order valence-corrected chi connectivity index (χ0v) is 13.6. The van der Waals surface area contributed by atoms with Gasteiger partial charge in [0.25, 0.3) is 0 Å². The van der Waals surface area contributed by atoms with Crippen LogP contribution >= 0.6 is 7.92 Å². The summed E-state index contributed by atoms with van der Waals surface area (Å²) in [7, 11) is -4.60. The van der Waals surface area contributed by atoms with Crippen molar-refractivity contribution >= 4 is 18.0 Å². The van der Waals surface area contributed by atoms with E-state index in [9.17, 15) is 13.0 Å². The quantitative estimate of drug-likeness (QED) is 0.298. The molecule has 5 nitrogen and oxygen atoms in total. The number of nitriles is 2. The van der Waals surface area contributed by atoms with Crippen LogP contribution in [0.4, 0.5) is 0 Å². The van der Waals surface area contributed by atoms with Crippen molar-refractivity contribution in [3.05, 3.63) is 0 Å². The summed E-state index contributed by atoms with van der Waals surface area (Å²) in [4.78, 5) is 0. The largest absolute Gasteiger partial charge is 1.00 e. The van der Waals surface area contributed by atoms with E-state index in [-0.39, 0.29) is 35.3 Å². The van der Waals surface area contributed by atoms with Crippen molar-refractivity contribution in [1.29, 1.82) is 10.5 Å². The Morgan fingerprint density at radius 2 is 1.53 bits per heavy atom. The van der Waals surface area contributed by atoms with Gasteiger partial charge in [-0.1, -0.05) is 0 Å². The Labute approximate surface area is 126 Å². The van der Waals surface area contributed by atoms with Crippen molar-refractivity contribution in [2.45, 2.75) is 19.3 Å². The van der Waals surface area contributed by atoms with Crippen molar-refractivity contribution in [3.63, 3.8) is 0 Å². The van der Waals surface area contributed by atoms with Crippen LogP contribution in [0.5, 0.6) is 0 Å². The van der Waals surface area contributed by atoms with E-state index in [1.807, 2.05) is 12.1 Å². The molecule has 0 saturated carbocycles. The number of hydrogen-bond acceptors (Lipinski definition) is 5. The summed E-state index contributed by atoms with van der Waals surface area (Å²) in [5.41, 5.74) is 0. The Morgan fingerprint density at radius 1 is 1.06 bits per heavy atom. The number of hydrogen-bond donors (Lipinski definition) is 0. The molecule has 0 heterocycles. The molecule has 0 aliphatic heterocycles. The van der Waals surface area contributed by atoms with Crippen molar-refractivity contribution < 1.29 is 42.5 Å². The molecular formula is C9H14N2NaO3PS. The van der Waals surface area contributed by atoms with Gasteiger partial charge in [0.2, 0.25) is 0 Å². The second kappa shape index (κ2) is 11.4. The first-order valence-electron chi connectivity index (χ1n) is 4.89. The van der Waals surface area contributed by atoms with Gasteiger partial charge in [-0.05, 0) is 24.9 Å². The molecule has 0 bridgehead atoms. The molecule has 0 aliphatic rings. The maximum atomic E-state index is 10.4. The molecule has 0 rings (SSSR count). The van der Waals surface area contributed by atoms with Crippen molar-refractivity contribution in [1.82, 2.24) is 0 Å². The van der Waals surface area contributed by atoms with Crippen LogP contribution in [0.3, 0.4) is 0 Å². The van der Waals surface area contributed by atoms with E-state index in [4.69, 9.17) is 10.5 Å². The Hall–Kier alpha value is 0.320. The molecular weight excluding hydrogens is 270 g/mol. The first kappa shape index (κ1) is 19.7. The smallest absolute Gasteiger partial charge is 0.748 e. The maximum absolute atomic E-state index is 10.4. The molecule has 0 radical (unpaired) electrons. The molecule has 17 heavy (non-hydrogen) atoms. The Kier molecular flexibility index (Phi) is 13.2. The van der Waals surface area contributed by atoms with Gasteiger partial charge in [-0.25, -0.2) is 8.42 Å². The summed E-state index contributed by atoms with van der Waals surface area (Å²) in [5.74, 6) is -0.342. The molecule has 0 aromatic heterocycles. The number of nitrogens with zero attached hydrogens (tertiary/aromatic N) is 2. The fourth-order valence-electron chi connectivity index (χ4n) is 1.22. The standard InChI is InChI=1S/C9H15N2O3PS.Na/c10-4-1-6-15(7-2-5-11)8-3-9-16(12,13)14;/h1-3,6-9H2,(H,12,13,14);/q;+1/p-1. The van der Waals surface area contributed by atoms with Crippen LogP contribution in [0.1, 0.15) is 19.3 Å². The van der Waals surface area contributed by atoms with Gasteiger partial charge in [-0.15, -0.1) is 7.92 Å². The molecule has 0 unspecified atom stereocenters. The van der Waals surface area contributed by atoms with Gasteiger partial charge in [-0.2, -0.15) is 10.5 Å².